The second-order valence-corrected chi connectivity index (χ2v) is 4.74. The molecule has 102 valence electrons. The van der Waals surface area contributed by atoms with E-state index in [4.69, 9.17) is 11.6 Å². The molecule has 0 bridgehead atoms. The molecular weight excluding hydrogens is 252 g/mol. The lowest BCUT2D eigenvalue weighted by molar-refractivity contribution is 0.639. The van der Waals surface area contributed by atoms with E-state index in [9.17, 15) is 0 Å². The summed E-state index contributed by atoms with van der Waals surface area (Å²) in [6.07, 6.45) is 1.68. The largest absolute Gasteiger partial charge is 0.384 e. The van der Waals surface area contributed by atoms with Gasteiger partial charge in [0.1, 0.15) is 5.82 Å². The van der Waals surface area contributed by atoms with E-state index in [0.29, 0.717) is 5.82 Å². The second-order valence-electron chi connectivity index (χ2n) is 4.74. The number of aromatic nitrogens is 3. The van der Waals surface area contributed by atoms with Crippen LogP contribution in [-0.4, -0.2) is 15.2 Å². The predicted molar refractivity (Wildman–Crippen MR) is 78.6 cm³/mol. The molecular formula is C14H16N6. The van der Waals surface area contributed by atoms with Crippen LogP contribution in [0.3, 0.4) is 0 Å². The molecule has 0 spiro atoms. The van der Waals surface area contributed by atoms with Gasteiger partial charge in [-0.05, 0) is 30.7 Å². The fraction of sp³-hybridized carbons (Fsp3) is 0.143. The summed E-state index contributed by atoms with van der Waals surface area (Å²) in [5, 5.41) is 7.71. The van der Waals surface area contributed by atoms with Crippen molar-refractivity contribution in [1.29, 1.82) is 0 Å². The monoisotopic (exact) mass is 268 g/mol. The third kappa shape index (κ3) is 2.11. The van der Waals surface area contributed by atoms with Gasteiger partial charge in [0, 0.05) is 16.6 Å². The molecule has 2 heterocycles. The number of pyridine rings is 1. The van der Waals surface area contributed by atoms with Crippen molar-refractivity contribution in [3.05, 3.63) is 53.3 Å². The maximum Gasteiger partial charge on any atom is 0.124 e. The number of benzene rings is 1. The van der Waals surface area contributed by atoms with E-state index in [1.54, 1.807) is 6.20 Å². The van der Waals surface area contributed by atoms with Gasteiger partial charge < -0.3 is 5.73 Å². The third-order valence-corrected chi connectivity index (χ3v) is 3.36. The van der Waals surface area contributed by atoms with E-state index in [1.807, 2.05) is 31.2 Å². The number of rotatable bonds is 3. The summed E-state index contributed by atoms with van der Waals surface area (Å²) in [6, 6.07) is 9.86. The zero-order valence-electron chi connectivity index (χ0n) is 11.1. The van der Waals surface area contributed by atoms with Crippen molar-refractivity contribution in [1.82, 2.24) is 20.6 Å². The Morgan fingerprint density at radius 2 is 2.10 bits per heavy atom. The second kappa shape index (κ2) is 4.92. The number of aryl methyl sites for hydroxylation is 1. The van der Waals surface area contributed by atoms with Gasteiger partial charge in [-0.2, -0.15) is 5.10 Å². The van der Waals surface area contributed by atoms with E-state index < -0.39 is 0 Å². The van der Waals surface area contributed by atoms with Crippen molar-refractivity contribution in [2.24, 2.45) is 5.84 Å². The molecule has 6 heteroatoms. The van der Waals surface area contributed by atoms with Crippen LogP contribution in [0.25, 0.3) is 10.9 Å². The van der Waals surface area contributed by atoms with Crippen LogP contribution in [0.2, 0.25) is 0 Å². The first-order valence-corrected chi connectivity index (χ1v) is 6.31. The molecule has 0 amide bonds. The lowest BCUT2D eigenvalue weighted by Gasteiger charge is -2.16. The Bertz CT molecular complexity index is 748. The molecule has 20 heavy (non-hydrogen) atoms. The third-order valence-electron chi connectivity index (χ3n) is 3.36. The Labute approximate surface area is 116 Å². The number of nitrogens with one attached hydrogen (secondary N) is 2. The van der Waals surface area contributed by atoms with Crippen LogP contribution in [-0.2, 0) is 0 Å². The Morgan fingerprint density at radius 1 is 1.25 bits per heavy atom. The summed E-state index contributed by atoms with van der Waals surface area (Å²) < 4.78 is 0. The number of aromatic amines is 1. The Balaban J connectivity index is 2.08. The zero-order valence-corrected chi connectivity index (χ0v) is 11.1. The van der Waals surface area contributed by atoms with Crippen molar-refractivity contribution in [2.75, 3.05) is 5.73 Å². The number of hydrogen-bond donors (Lipinski definition) is 4. The molecule has 0 aliphatic carbocycles. The van der Waals surface area contributed by atoms with Crippen LogP contribution in [0.5, 0.6) is 0 Å². The highest BCUT2D eigenvalue weighted by molar-refractivity contribution is 5.79. The molecule has 1 atom stereocenters. The Hall–Kier alpha value is -2.44. The van der Waals surface area contributed by atoms with Crippen molar-refractivity contribution in [3.63, 3.8) is 0 Å². The van der Waals surface area contributed by atoms with Gasteiger partial charge in [-0.15, -0.1) is 0 Å². The molecule has 0 saturated carbocycles. The van der Waals surface area contributed by atoms with Gasteiger partial charge in [0.15, 0.2) is 0 Å². The van der Waals surface area contributed by atoms with E-state index in [0.717, 1.165) is 27.7 Å². The highest BCUT2D eigenvalue weighted by atomic mass is 15.2. The van der Waals surface area contributed by atoms with Gasteiger partial charge in [-0.3, -0.25) is 15.9 Å². The molecule has 1 aromatic carbocycles. The summed E-state index contributed by atoms with van der Waals surface area (Å²) in [6.45, 7) is 1.98. The molecule has 0 fully saturated rings. The van der Waals surface area contributed by atoms with Crippen LogP contribution in [0.1, 0.15) is 22.9 Å². The van der Waals surface area contributed by atoms with E-state index >= 15 is 0 Å². The quantitative estimate of drug-likeness (QED) is 0.424. The molecule has 3 aromatic rings. The van der Waals surface area contributed by atoms with Crippen molar-refractivity contribution >= 4 is 16.7 Å². The van der Waals surface area contributed by atoms with Crippen LogP contribution in [0.4, 0.5) is 5.82 Å². The van der Waals surface area contributed by atoms with Crippen LogP contribution >= 0.6 is 0 Å². The molecule has 0 saturated heterocycles. The minimum absolute atomic E-state index is 0.209. The summed E-state index contributed by atoms with van der Waals surface area (Å²) in [5.74, 6) is 6.18. The maximum absolute atomic E-state index is 5.86. The standard InChI is InChI=1S/C14H16N6/c1-8-2-3-9-6-10(4-5-12(9)18-8)13(19-16)11-7-17-20-14(11)15/h2-7,13,19H,16H2,1H3,(H3,15,17,20). The molecule has 3 rings (SSSR count). The number of nitrogen functional groups attached to an aromatic ring is 1. The van der Waals surface area contributed by atoms with Gasteiger partial charge >= 0.3 is 0 Å². The summed E-state index contributed by atoms with van der Waals surface area (Å²) >= 11 is 0. The average molecular weight is 268 g/mol. The van der Waals surface area contributed by atoms with Gasteiger partial charge in [-0.25, -0.2) is 5.43 Å². The highest BCUT2D eigenvalue weighted by Crippen LogP contribution is 2.26. The topological polar surface area (TPSA) is 106 Å². The number of H-pyrrole nitrogens is 1. The summed E-state index contributed by atoms with van der Waals surface area (Å²) in [5.41, 5.74) is 12.4. The minimum atomic E-state index is -0.209. The van der Waals surface area contributed by atoms with Gasteiger partial charge in [0.2, 0.25) is 0 Å². The highest BCUT2D eigenvalue weighted by Gasteiger charge is 2.17. The van der Waals surface area contributed by atoms with Crippen molar-refractivity contribution in [2.45, 2.75) is 13.0 Å². The molecule has 6 nitrogen and oxygen atoms in total. The van der Waals surface area contributed by atoms with Crippen molar-refractivity contribution in [3.8, 4) is 0 Å². The average Bonchev–Trinajstić information content (AvgIpc) is 2.86. The van der Waals surface area contributed by atoms with E-state index in [1.165, 1.54) is 0 Å². The van der Waals surface area contributed by atoms with E-state index in [-0.39, 0.29) is 6.04 Å². The molecule has 6 N–H and O–H groups in total. The van der Waals surface area contributed by atoms with Gasteiger partial charge in [0.05, 0.1) is 17.8 Å². The summed E-state index contributed by atoms with van der Waals surface area (Å²) in [4.78, 5) is 4.49. The first-order valence-electron chi connectivity index (χ1n) is 6.31. The van der Waals surface area contributed by atoms with Crippen molar-refractivity contribution < 1.29 is 0 Å². The van der Waals surface area contributed by atoms with E-state index in [2.05, 4.69) is 26.7 Å². The number of hydrogen-bond acceptors (Lipinski definition) is 5. The Kier molecular flexibility index (Phi) is 3.09. The first-order chi connectivity index (χ1) is 9.69. The SMILES string of the molecule is Cc1ccc2cc(C(NN)c3cn[nH]c3N)ccc2n1. The fourth-order valence-electron chi connectivity index (χ4n) is 2.33. The van der Waals surface area contributed by atoms with Crippen LogP contribution in [0, 0.1) is 6.92 Å². The summed E-state index contributed by atoms with van der Waals surface area (Å²) in [7, 11) is 0. The number of anilines is 1. The minimum Gasteiger partial charge on any atom is -0.384 e. The molecule has 0 radical (unpaired) electrons. The van der Waals surface area contributed by atoms with Gasteiger partial charge in [0.25, 0.3) is 0 Å². The number of nitrogens with zero attached hydrogens (tertiary/aromatic N) is 2. The van der Waals surface area contributed by atoms with Crippen LogP contribution < -0.4 is 17.0 Å². The Morgan fingerprint density at radius 3 is 2.80 bits per heavy atom. The molecule has 0 aliphatic heterocycles. The number of nitrogens with two attached hydrogens (primary N) is 2. The lowest BCUT2D eigenvalue weighted by Crippen LogP contribution is -2.29. The van der Waals surface area contributed by atoms with Crippen LogP contribution in [0.15, 0.2) is 36.5 Å². The molecule has 2 aromatic heterocycles. The zero-order chi connectivity index (χ0) is 14.1. The maximum atomic E-state index is 5.86. The molecule has 1 unspecified atom stereocenters. The first kappa shape index (κ1) is 12.6. The smallest absolute Gasteiger partial charge is 0.124 e. The lowest BCUT2D eigenvalue weighted by atomic mass is 9.99. The number of fused-ring (bicyclic) bond motifs is 1. The molecule has 0 aliphatic rings. The predicted octanol–water partition coefficient (Wildman–Crippen LogP) is 1.40. The number of hydrazine groups is 1. The van der Waals surface area contributed by atoms with Gasteiger partial charge in [-0.1, -0.05) is 12.1 Å². The normalized spacial score (nSPS) is 12.7. The fourth-order valence-corrected chi connectivity index (χ4v) is 2.33.